The maximum atomic E-state index is 14.1. The van der Waals surface area contributed by atoms with Crippen LogP contribution >= 0.6 is 32.8 Å². The van der Waals surface area contributed by atoms with Gasteiger partial charge in [-0.1, -0.05) is 18.7 Å². The van der Waals surface area contributed by atoms with Gasteiger partial charge in [0.2, 0.25) is 15.1 Å². The second-order valence-corrected chi connectivity index (χ2v) is 9.82. The van der Waals surface area contributed by atoms with Gasteiger partial charge in [-0.2, -0.15) is 0 Å². The minimum absolute atomic E-state index is 0.00631. The minimum Gasteiger partial charge on any atom is -0.217 e. The maximum Gasteiger partial charge on any atom is 0.224 e. The third-order valence-electron chi connectivity index (χ3n) is 3.60. The summed E-state index contributed by atoms with van der Waals surface area (Å²) in [5.74, 6) is 0. The molecule has 0 radical (unpaired) electrons. The molecule has 0 aliphatic rings. The van der Waals surface area contributed by atoms with E-state index in [0.29, 0.717) is 40.5 Å². The van der Waals surface area contributed by atoms with Crippen molar-refractivity contribution < 1.29 is 15.5 Å². The molecule has 0 saturated carbocycles. The van der Waals surface area contributed by atoms with E-state index < -0.39 is 19.6 Å². The van der Waals surface area contributed by atoms with Crippen LogP contribution in [0.15, 0.2) is 52.1 Å². The normalized spacial score (nSPS) is 15.1. The molecule has 0 bridgehead atoms. The van der Waals surface area contributed by atoms with Gasteiger partial charge in [0.15, 0.2) is 0 Å². The van der Waals surface area contributed by atoms with Crippen molar-refractivity contribution >= 4 is 43.0 Å². The third kappa shape index (κ3) is 2.58. The van der Waals surface area contributed by atoms with Crippen LogP contribution in [0.5, 0.6) is 0 Å². The Kier molecular flexibility index (Phi) is 3.37. The van der Waals surface area contributed by atoms with Crippen LogP contribution in [0, 0.1) is 0 Å². The Morgan fingerprint density at radius 2 is 1.71 bits per heavy atom. The molecule has 0 aliphatic heterocycles. The van der Waals surface area contributed by atoms with Crippen molar-refractivity contribution in [1.82, 2.24) is 9.97 Å². The molecule has 128 valence electrons. The highest BCUT2D eigenvalue weighted by atomic mass is 35.5. The number of nitrogens with zero attached hydrogens (tertiary/aromatic N) is 2. The quantitative estimate of drug-likeness (QED) is 0.343. The molecular weight excluding hydrogens is 384 g/mol. The monoisotopic (exact) mass is 394 g/mol. The van der Waals surface area contributed by atoms with Gasteiger partial charge in [-0.15, -0.1) is 26.9 Å². The van der Waals surface area contributed by atoms with Gasteiger partial charge < -0.3 is 0 Å². The van der Waals surface area contributed by atoms with E-state index >= 15 is 0 Å². The molecule has 0 atom stereocenters. The molecule has 3 rings (SSSR count). The van der Waals surface area contributed by atoms with Gasteiger partial charge in [-0.3, -0.25) is 0 Å². The van der Waals surface area contributed by atoms with Gasteiger partial charge in [-0.25, -0.2) is 9.97 Å². The molecule has 9 heteroatoms. The highest BCUT2D eigenvalue weighted by Crippen LogP contribution is 3.04. The molecule has 2 nitrogen and oxygen atoms in total. The van der Waals surface area contributed by atoms with Crippen LogP contribution in [-0.4, -0.2) is 9.97 Å². The van der Waals surface area contributed by atoms with Gasteiger partial charge in [0.05, 0.1) is 10.6 Å². The first kappa shape index (κ1) is 17.2. The lowest BCUT2D eigenvalue weighted by atomic mass is 10.1. The van der Waals surface area contributed by atoms with Crippen LogP contribution in [0.4, 0.5) is 15.5 Å². The summed E-state index contributed by atoms with van der Waals surface area (Å²) in [5, 5.41) is 2.44. The van der Waals surface area contributed by atoms with Crippen molar-refractivity contribution in [2.75, 3.05) is 0 Å². The van der Waals surface area contributed by atoms with E-state index in [4.69, 9.17) is 11.6 Å². The number of hydrogen-bond acceptors (Lipinski definition) is 3. The molecule has 24 heavy (non-hydrogen) atoms. The van der Waals surface area contributed by atoms with Crippen molar-refractivity contribution in [3.8, 4) is 11.3 Å². The number of benzene rings is 1. The number of aromatic nitrogens is 2. The Hall–Kier alpha value is -1.64. The largest absolute Gasteiger partial charge is 0.224 e. The van der Waals surface area contributed by atoms with Gasteiger partial charge in [0.1, 0.15) is 4.83 Å². The zero-order valence-electron chi connectivity index (χ0n) is 12.3. The smallest absolute Gasteiger partial charge is 0.217 e. The molecule has 0 unspecified atom stereocenters. The first-order valence-corrected chi connectivity index (χ1v) is 9.90. The summed E-state index contributed by atoms with van der Waals surface area (Å²) in [4.78, 5) is 5.98. The summed E-state index contributed by atoms with van der Waals surface area (Å²) < 4.78 is 56.4. The standard InChI is InChI=1S/C15H11ClF4N2S2/c1-9(2)24(17,18,19,20)11-5-3-10(4-6-11)13-12-7-8-23-14(12)22-15(16)21-13/h3-8H,1H2,2H3. The molecule has 1 aromatic carbocycles. The Morgan fingerprint density at radius 1 is 1.08 bits per heavy atom. The van der Waals surface area contributed by atoms with Crippen molar-refractivity contribution in [1.29, 1.82) is 0 Å². The molecule has 2 aromatic heterocycles. The molecule has 0 spiro atoms. The van der Waals surface area contributed by atoms with Crippen LogP contribution in [0.1, 0.15) is 6.92 Å². The van der Waals surface area contributed by atoms with Crippen LogP contribution in [0.2, 0.25) is 5.28 Å². The second-order valence-electron chi connectivity index (χ2n) is 5.28. The first-order chi connectivity index (χ1) is 10.9. The van der Waals surface area contributed by atoms with Crippen molar-refractivity contribution in [3.05, 3.63) is 52.5 Å². The zero-order valence-corrected chi connectivity index (χ0v) is 14.7. The van der Waals surface area contributed by atoms with E-state index in [1.165, 1.54) is 23.5 Å². The fraction of sp³-hybridized carbons (Fsp3) is 0.0667. The highest BCUT2D eigenvalue weighted by molar-refractivity contribution is 8.52. The number of rotatable bonds is 3. The van der Waals surface area contributed by atoms with Gasteiger partial charge in [0.25, 0.3) is 0 Å². The van der Waals surface area contributed by atoms with Crippen molar-refractivity contribution in [2.24, 2.45) is 0 Å². The SMILES string of the molecule is C=C(C)S(F)(F)(F)(F)c1ccc(-c2nc(Cl)nc3sccc23)cc1. The van der Waals surface area contributed by atoms with Crippen LogP contribution in [0.3, 0.4) is 0 Å². The average molecular weight is 395 g/mol. The number of allylic oxidation sites excluding steroid dienone is 1. The molecule has 0 fully saturated rings. The van der Waals surface area contributed by atoms with E-state index in [-0.39, 0.29) is 5.28 Å². The lowest BCUT2D eigenvalue weighted by Gasteiger charge is -2.50. The van der Waals surface area contributed by atoms with Crippen LogP contribution in [-0.2, 0) is 0 Å². The van der Waals surface area contributed by atoms with E-state index in [0.717, 1.165) is 0 Å². The number of halogens is 5. The fourth-order valence-electron chi connectivity index (χ4n) is 2.14. The average Bonchev–Trinajstić information content (AvgIpc) is 2.93. The molecular formula is C15H11ClF4N2S2. The van der Waals surface area contributed by atoms with E-state index in [1.807, 2.05) is 0 Å². The van der Waals surface area contributed by atoms with Crippen molar-refractivity contribution in [2.45, 2.75) is 11.8 Å². The lowest BCUT2D eigenvalue weighted by Crippen LogP contribution is -2.14. The van der Waals surface area contributed by atoms with Crippen molar-refractivity contribution in [3.63, 3.8) is 0 Å². The number of hydrogen-bond donors (Lipinski definition) is 0. The first-order valence-electron chi connectivity index (χ1n) is 6.60. The number of fused-ring (bicyclic) bond motifs is 1. The Morgan fingerprint density at radius 3 is 2.29 bits per heavy atom. The lowest BCUT2D eigenvalue weighted by molar-refractivity contribution is 0.459. The van der Waals surface area contributed by atoms with E-state index in [1.54, 1.807) is 11.4 Å². The third-order valence-corrected chi connectivity index (χ3v) is 7.20. The Balaban J connectivity index is 2.17. The predicted octanol–water partition coefficient (Wildman–Crippen LogP) is 7.32. The van der Waals surface area contributed by atoms with Gasteiger partial charge >= 0.3 is 0 Å². The minimum atomic E-state index is -8.51. The zero-order chi connectivity index (χ0) is 17.8. The van der Waals surface area contributed by atoms with E-state index in [9.17, 15) is 15.5 Å². The van der Waals surface area contributed by atoms with Crippen LogP contribution < -0.4 is 0 Å². The maximum absolute atomic E-state index is 14.1. The summed E-state index contributed by atoms with van der Waals surface area (Å²) in [7, 11) is -8.51. The molecule has 0 saturated heterocycles. The molecule has 0 amide bonds. The summed E-state index contributed by atoms with van der Waals surface area (Å²) in [6.45, 7) is 3.42. The highest BCUT2D eigenvalue weighted by Gasteiger charge is 2.65. The molecule has 0 aliphatic carbocycles. The van der Waals surface area contributed by atoms with Gasteiger partial charge in [-0.05, 0) is 42.1 Å². The summed E-state index contributed by atoms with van der Waals surface area (Å²) in [5.41, 5.74) is 0.790. The van der Waals surface area contributed by atoms with Gasteiger partial charge in [0, 0.05) is 15.9 Å². The molecule has 0 N–H and O–H groups in total. The Labute approximate surface area is 144 Å². The Bertz CT molecular complexity index is 977. The molecule has 2 heterocycles. The topological polar surface area (TPSA) is 25.8 Å². The van der Waals surface area contributed by atoms with E-state index in [2.05, 4.69) is 16.5 Å². The number of thiophene rings is 1. The summed E-state index contributed by atoms with van der Waals surface area (Å²) >= 11 is 7.20. The predicted molar refractivity (Wildman–Crippen MR) is 93.0 cm³/mol. The second kappa shape index (κ2) is 4.71. The summed E-state index contributed by atoms with van der Waals surface area (Å²) in [6, 6.07) is 5.51. The van der Waals surface area contributed by atoms with Crippen LogP contribution in [0.25, 0.3) is 21.5 Å². The summed E-state index contributed by atoms with van der Waals surface area (Å²) in [6.07, 6.45) is 0. The molecule has 3 aromatic rings. The fourth-order valence-corrected chi connectivity index (χ4v) is 4.21.